The van der Waals surface area contributed by atoms with Crippen molar-refractivity contribution in [3.63, 3.8) is 0 Å². The first-order valence-electron chi connectivity index (χ1n) is 6.33. The molecule has 1 aromatic rings. The molecule has 2 rings (SSSR count). The fraction of sp³-hybridized carbons (Fsp3) is 0.667. The maximum Gasteiger partial charge on any atom is 0.158 e. The van der Waals surface area contributed by atoms with Crippen molar-refractivity contribution in [1.29, 1.82) is 0 Å². The monoisotopic (exact) mass is 251 g/mol. The number of ether oxygens (including phenoxy) is 1. The zero-order valence-corrected chi connectivity index (χ0v) is 10.9. The Kier molecular flexibility index (Phi) is 4.33. The van der Waals surface area contributed by atoms with Gasteiger partial charge in [-0.15, -0.1) is 0 Å². The predicted molar refractivity (Wildman–Crippen MR) is 71.0 cm³/mol. The van der Waals surface area contributed by atoms with Gasteiger partial charge in [0.1, 0.15) is 18.2 Å². The van der Waals surface area contributed by atoms with Gasteiger partial charge in [-0.2, -0.15) is 0 Å². The summed E-state index contributed by atoms with van der Waals surface area (Å²) in [6, 6.07) is 2.31. The first-order chi connectivity index (χ1) is 8.72. The van der Waals surface area contributed by atoms with Crippen LogP contribution in [0.3, 0.4) is 0 Å². The highest BCUT2D eigenvalue weighted by Crippen LogP contribution is 2.27. The SMILES string of the molecule is COCc1nc(NN)cc(NC2CCCC2C)n1. The summed E-state index contributed by atoms with van der Waals surface area (Å²) in [7, 11) is 1.62. The maximum absolute atomic E-state index is 5.41. The highest BCUT2D eigenvalue weighted by Gasteiger charge is 2.23. The molecule has 1 fully saturated rings. The molecule has 6 heteroatoms. The van der Waals surface area contributed by atoms with Crippen molar-refractivity contribution in [2.24, 2.45) is 11.8 Å². The summed E-state index contributed by atoms with van der Waals surface area (Å²) in [6.45, 7) is 2.65. The number of nitrogen functional groups attached to an aromatic ring is 1. The van der Waals surface area contributed by atoms with Crippen LogP contribution >= 0.6 is 0 Å². The fourth-order valence-corrected chi connectivity index (χ4v) is 2.39. The molecule has 2 unspecified atom stereocenters. The third kappa shape index (κ3) is 3.08. The zero-order chi connectivity index (χ0) is 13.0. The number of hydrogen-bond acceptors (Lipinski definition) is 6. The molecule has 0 amide bonds. The molecule has 1 aliphatic carbocycles. The van der Waals surface area contributed by atoms with Gasteiger partial charge in [-0.05, 0) is 18.8 Å². The molecule has 18 heavy (non-hydrogen) atoms. The van der Waals surface area contributed by atoms with Crippen molar-refractivity contribution in [2.45, 2.75) is 38.8 Å². The molecule has 1 saturated carbocycles. The first-order valence-corrected chi connectivity index (χ1v) is 6.33. The molecule has 1 aliphatic rings. The standard InChI is InChI=1S/C12H21N5O/c1-8-4-3-5-9(8)14-10-6-11(17-13)16-12(15-10)7-18-2/h6,8-9H,3-5,7,13H2,1-2H3,(H2,14,15,16,17). The van der Waals surface area contributed by atoms with Gasteiger partial charge in [0.25, 0.3) is 0 Å². The molecule has 1 aromatic heterocycles. The molecule has 0 bridgehead atoms. The van der Waals surface area contributed by atoms with Crippen LogP contribution in [0.15, 0.2) is 6.07 Å². The largest absolute Gasteiger partial charge is 0.377 e. The van der Waals surface area contributed by atoms with E-state index in [1.165, 1.54) is 19.3 Å². The van der Waals surface area contributed by atoms with E-state index in [9.17, 15) is 0 Å². The molecule has 2 atom stereocenters. The number of hydrazine groups is 1. The summed E-state index contributed by atoms with van der Waals surface area (Å²) in [6.07, 6.45) is 3.74. The topological polar surface area (TPSA) is 85.1 Å². The molecule has 6 nitrogen and oxygen atoms in total. The van der Waals surface area contributed by atoms with Gasteiger partial charge in [-0.3, -0.25) is 0 Å². The van der Waals surface area contributed by atoms with E-state index in [4.69, 9.17) is 10.6 Å². The van der Waals surface area contributed by atoms with Crippen LogP contribution in [0.5, 0.6) is 0 Å². The maximum atomic E-state index is 5.41. The normalized spacial score (nSPS) is 23.1. The lowest BCUT2D eigenvalue weighted by Gasteiger charge is -2.18. The third-order valence-electron chi connectivity index (χ3n) is 3.39. The highest BCUT2D eigenvalue weighted by atomic mass is 16.5. The minimum Gasteiger partial charge on any atom is -0.377 e. The van der Waals surface area contributed by atoms with E-state index in [1.807, 2.05) is 6.07 Å². The molecule has 0 aliphatic heterocycles. The van der Waals surface area contributed by atoms with Gasteiger partial charge in [0.05, 0.1) is 0 Å². The minimum atomic E-state index is 0.379. The number of anilines is 2. The molecule has 0 aromatic carbocycles. The van der Waals surface area contributed by atoms with Crippen LogP contribution in [0.4, 0.5) is 11.6 Å². The van der Waals surface area contributed by atoms with Crippen molar-refractivity contribution >= 4 is 11.6 Å². The molecular formula is C12H21N5O. The van der Waals surface area contributed by atoms with E-state index in [0.29, 0.717) is 30.2 Å². The average Bonchev–Trinajstić information content (AvgIpc) is 2.75. The fourth-order valence-electron chi connectivity index (χ4n) is 2.39. The Morgan fingerprint density at radius 3 is 2.78 bits per heavy atom. The van der Waals surface area contributed by atoms with Gasteiger partial charge >= 0.3 is 0 Å². The lowest BCUT2D eigenvalue weighted by molar-refractivity contribution is 0.178. The van der Waals surface area contributed by atoms with Gasteiger partial charge in [0.15, 0.2) is 5.82 Å². The predicted octanol–water partition coefficient (Wildman–Crippen LogP) is 1.51. The number of aromatic nitrogens is 2. The molecule has 100 valence electrons. The van der Waals surface area contributed by atoms with Gasteiger partial charge in [0, 0.05) is 19.2 Å². The van der Waals surface area contributed by atoms with E-state index in [2.05, 4.69) is 27.6 Å². The van der Waals surface area contributed by atoms with Crippen LogP contribution in [-0.2, 0) is 11.3 Å². The van der Waals surface area contributed by atoms with Crippen molar-refractivity contribution in [1.82, 2.24) is 9.97 Å². The van der Waals surface area contributed by atoms with Crippen LogP contribution in [0.25, 0.3) is 0 Å². The Morgan fingerprint density at radius 2 is 2.17 bits per heavy atom. The lowest BCUT2D eigenvalue weighted by Crippen LogP contribution is -2.23. The molecule has 0 radical (unpaired) electrons. The summed E-state index contributed by atoms with van der Waals surface area (Å²) >= 11 is 0. The van der Waals surface area contributed by atoms with Crippen molar-refractivity contribution in [3.8, 4) is 0 Å². The number of methoxy groups -OCH3 is 1. The van der Waals surface area contributed by atoms with Crippen LogP contribution < -0.4 is 16.6 Å². The van der Waals surface area contributed by atoms with Gasteiger partial charge in [0.2, 0.25) is 0 Å². The third-order valence-corrected chi connectivity index (χ3v) is 3.39. The number of nitrogens with zero attached hydrogens (tertiary/aromatic N) is 2. The Labute approximate surface area is 107 Å². The number of rotatable bonds is 5. The summed E-state index contributed by atoms with van der Waals surface area (Å²) < 4.78 is 5.05. The summed E-state index contributed by atoms with van der Waals surface area (Å²) in [5, 5.41) is 3.46. The summed E-state index contributed by atoms with van der Waals surface area (Å²) in [4.78, 5) is 8.65. The Hall–Kier alpha value is -1.40. The van der Waals surface area contributed by atoms with Gasteiger partial charge < -0.3 is 15.5 Å². The Bertz CT molecular complexity index is 398. The lowest BCUT2D eigenvalue weighted by atomic mass is 10.1. The quantitative estimate of drug-likeness (QED) is 0.543. The second-order valence-corrected chi connectivity index (χ2v) is 4.79. The molecule has 4 N–H and O–H groups in total. The van der Waals surface area contributed by atoms with Crippen LogP contribution in [0.1, 0.15) is 32.0 Å². The van der Waals surface area contributed by atoms with Crippen LogP contribution in [0.2, 0.25) is 0 Å². The number of nitrogens with two attached hydrogens (primary N) is 1. The average molecular weight is 251 g/mol. The van der Waals surface area contributed by atoms with Crippen molar-refractivity contribution < 1.29 is 4.74 Å². The Morgan fingerprint density at radius 1 is 1.39 bits per heavy atom. The van der Waals surface area contributed by atoms with Crippen LogP contribution in [-0.4, -0.2) is 23.1 Å². The van der Waals surface area contributed by atoms with Crippen molar-refractivity contribution in [2.75, 3.05) is 17.9 Å². The minimum absolute atomic E-state index is 0.379. The second kappa shape index (κ2) is 5.97. The number of nitrogens with one attached hydrogen (secondary N) is 2. The van der Waals surface area contributed by atoms with Crippen molar-refractivity contribution in [3.05, 3.63) is 11.9 Å². The first kappa shape index (κ1) is 13.0. The van der Waals surface area contributed by atoms with Crippen LogP contribution in [0, 0.1) is 5.92 Å². The zero-order valence-electron chi connectivity index (χ0n) is 10.9. The van der Waals surface area contributed by atoms with Gasteiger partial charge in [-0.25, -0.2) is 15.8 Å². The van der Waals surface area contributed by atoms with E-state index < -0.39 is 0 Å². The second-order valence-electron chi connectivity index (χ2n) is 4.79. The van der Waals surface area contributed by atoms with E-state index in [1.54, 1.807) is 7.11 Å². The highest BCUT2D eigenvalue weighted by molar-refractivity contribution is 5.47. The Balaban J connectivity index is 2.12. The summed E-state index contributed by atoms with van der Waals surface area (Å²) in [5.74, 6) is 8.13. The molecule has 0 spiro atoms. The van der Waals surface area contributed by atoms with Gasteiger partial charge in [-0.1, -0.05) is 13.3 Å². The summed E-state index contributed by atoms with van der Waals surface area (Å²) in [5.41, 5.74) is 2.56. The molecule has 1 heterocycles. The van der Waals surface area contributed by atoms with E-state index >= 15 is 0 Å². The smallest absolute Gasteiger partial charge is 0.158 e. The molecular weight excluding hydrogens is 230 g/mol. The van der Waals surface area contributed by atoms with E-state index in [-0.39, 0.29) is 0 Å². The number of hydrogen-bond donors (Lipinski definition) is 3. The molecule has 0 saturated heterocycles. The van der Waals surface area contributed by atoms with E-state index in [0.717, 1.165) is 5.82 Å².